The van der Waals surface area contributed by atoms with Crippen LogP contribution in [0.25, 0.3) is 0 Å². The van der Waals surface area contributed by atoms with E-state index in [4.69, 9.17) is 0 Å². The van der Waals surface area contributed by atoms with Gasteiger partial charge in [-0.15, -0.1) is 0 Å². The second-order valence-electron chi connectivity index (χ2n) is 4.27. The molecule has 14 heavy (non-hydrogen) atoms. The van der Waals surface area contributed by atoms with Crippen LogP contribution in [0.1, 0.15) is 62.9 Å². The van der Waals surface area contributed by atoms with Crippen LogP contribution in [0.2, 0.25) is 0 Å². The maximum absolute atomic E-state index is 4.22. The molecule has 1 unspecified atom stereocenters. The van der Waals surface area contributed by atoms with E-state index in [1.165, 1.54) is 5.56 Å². The Morgan fingerprint density at radius 1 is 1.21 bits per heavy atom. The smallest absolute Gasteiger partial charge is 0.0659 e. The molecule has 2 nitrogen and oxygen atoms in total. The predicted molar refractivity (Wildman–Crippen MR) is 59.6 cm³/mol. The van der Waals surface area contributed by atoms with Crippen molar-refractivity contribution in [1.82, 2.24) is 10.2 Å². The van der Waals surface area contributed by atoms with Crippen LogP contribution in [-0.2, 0) is 0 Å². The molecule has 0 aromatic carbocycles. The third-order valence-electron chi connectivity index (χ3n) is 2.77. The highest BCUT2D eigenvalue weighted by atomic mass is 15.1. The second kappa shape index (κ2) is 4.54. The normalized spacial score (nSPS) is 13.3. The van der Waals surface area contributed by atoms with Gasteiger partial charge in [-0.25, -0.2) is 0 Å². The van der Waals surface area contributed by atoms with E-state index in [0.717, 1.165) is 17.8 Å². The third kappa shape index (κ3) is 2.31. The molecule has 0 fully saturated rings. The molecule has 0 aliphatic rings. The first-order chi connectivity index (χ1) is 6.56. The first-order valence-electron chi connectivity index (χ1n) is 5.40. The van der Waals surface area contributed by atoms with Crippen LogP contribution in [0.5, 0.6) is 0 Å². The zero-order chi connectivity index (χ0) is 10.7. The van der Waals surface area contributed by atoms with E-state index in [0.29, 0.717) is 11.8 Å². The fraction of sp³-hybridized carbons (Fsp3) is 0.667. The summed E-state index contributed by atoms with van der Waals surface area (Å²) in [6, 6.07) is 2.21. The van der Waals surface area contributed by atoms with Gasteiger partial charge in [-0.2, -0.15) is 10.2 Å². The first kappa shape index (κ1) is 11.2. The third-order valence-corrected chi connectivity index (χ3v) is 2.77. The molecular weight excluding hydrogens is 172 g/mol. The van der Waals surface area contributed by atoms with E-state index in [-0.39, 0.29) is 0 Å². The standard InChI is InChI=1S/C12H20N2/c1-6-9(4)11-7-12(8(2)3)14-13-10(11)5/h7-9H,6H2,1-5H3. The molecule has 0 N–H and O–H groups in total. The van der Waals surface area contributed by atoms with Crippen molar-refractivity contribution >= 4 is 0 Å². The summed E-state index contributed by atoms with van der Waals surface area (Å²) in [6.45, 7) is 10.8. The van der Waals surface area contributed by atoms with E-state index in [1.54, 1.807) is 0 Å². The minimum Gasteiger partial charge on any atom is -0.155 e. The van der Waals surface area contributed by atoms with Gasteiger partial charge in [-0.3, -0.25) is 0 Å². The molecule has 2 heteroatoms. The summed E-state index contributed by atoms with van der Waals surface area (Å²) in [5.41, 5.74) is 3.53. The highest BCUT2D eigenvalue weighted by molar-refractivity contribution is 5.25. The van der Waals surface area contributed by atoms with Crippen molar-refractivity contribution in [3.05, 3.63) is 23.0 Å². The van der Waals surface area contributed by atoms with Crippen molar-refractivity contribution in [1.29, 1.82) is 0 Å². The zero-order valence-corrected chi connectivity index (χ0v) is 9.83. The fourth-order valence-electron chi connectivity index (χ4n) is 1.48. The number of rotatable bonds is 3. The summed E-state index contributed by atoms with van der Waals surface area (Å²) in [5, 5.41) is 8.42. The van der Waals surface area contributed by atoms with Crippen LogP contribution in [-0.4, -0.2) is 10.2 Å². The lowest BCUT2D eigenvalue weighted by molar-refractivity contribution is 0.695. The van der Waals surface area contributed by atoms with Crippen LogP contribution in [0, 0.1) is 6.92 Å². The summed E-state index contributed by atoms with van der Waals surface area (Å²) in [6.07, 6.45) is 1.16. The summed E-state index contributed by atoms with van der Waals surface area (Å²) >= 11 is 0. The van der Waals surface area contributed by atoms with E-state index < -0.39 is 0 Å². The molecule has 0 amide bonds. The van der Waals surface area contributed by atoms with Gasteiger partial charge in [-0.05, 0) is 36.8 Å². The molecule has 1 aromatic rings. The van der Waals surface area contributed by atoms with Crippen molar-refractivity contribution in [2.45, 2.75) is 52.9 Å². The van der Waals surface area contributed by atoms with Crippen molar-refractivity contribution in [2.24, 2.45) is 0 Å². The topological polar surface area (TPSA) is 25.8 Å². The maximum atomic E-state index is 4.22. The van der Waals surface area contributed by atoms with Crippen molar-refractivity contribution in [2.75, 3.05) is 0 Å². The minimum absolute atomic E-state index is 0.464. The highest BCUT2D eigenvalue weighted by Gasteiger charge is 2.10. The molecule has 0 saturated carbocycles. The molecule has 1 rings (SSSR count). The van der Waals surface area contributed by atoms with E-state index in [2.05, 4.69) is 44.0 Å². The van der Waals surface area contributed by atoms with E-state index >= 15 is 0 Å². The summed E-state index contributed by atoms with van der Waals surface area (Å²) in [5.74, 6) is 1.05. The molecule has 0 spiro atoms. The molecule has 0 aliphatic heterocycles. The average molecular weight is 192 g/mol. The van der Waals surface area contributed by atoms with E-state index in [1.807, 2.05) is 6.92 Å². The quantitative estimate of drug-likeness (QED) is 0.733. The molecule has 0 bridgehead atoms. The fourth-order valence-corrected chi connectivity index (χ4v) is 1.48. The van der Waals surface area contributed by atoms with Crippen molar-refractivity contribution in [3.63, 3.8) is 0 Å². The Kier molecular flexibility index (Phi) is 3.62. The lowest BCUT2D eigenvalue weighted by Gasteiger charge is -2.13. The van der Waals surface area contributed by atoms with Gasteiger partial charge in [0.25, 0.3) is 0 Å². The first-order valence-corrected chi connectivity index (χ1v) is 5.40. The molecule has 1 heterocycles. The van der Waals surface area contributed by atoms with Gasteiger partial charge >= 0.3 is 0 Å². The Bertz CT molecular complexity index is 305. The van der Waals surface area contributed by atoms with Crippen LogP contribution in [0.4, 0.5) is 0 Å². The van der Waals surface area contributed by atoms with Crippen LogP contribution < -0.4 is 0 Å². The lowest BCUT2D eigenvalue weighted by Crippen LogP contribution is -2.04. The predicted octanol–water partition coefficient (Wildman–Crippen LogP) is 3.42. The maximum Gasteiger partial charge on any atom is 0.0659 e. The van der Waals surface area contributed by atoms with Crippen molar-refractivity contribution in [3.8, 4) is 0 Å². The molecule has 0 saturated heterocycles. The summed E-state index contributed by atoms with van der Waals surface area (Å²) in [4.78, 5) is 0. The van der Waals surface area contributed by atoms with Crippen LogP contribution in [0.3, 0.4) is 0 Å². The number of aromatic nitrogens is 2. The number of aryl methyl sites for hydroxylation is 1. The van der Waals surface area contributed by atoms with Gasteiger partial charge in [0.15, 0.2) is 0 Å². The molecule has 1 aromatic heterocycles. The molecule has 0 radical (unpaired) electrons. The van der Waals surface area contributed by atoms with Gasteiger partial charge in [-0.1, -0.05) is 27.7 Å². The average Bonchev–Trinajstić information content (AvgIpc) is 2.17. The second-order valence-corrected chi connectivity index (χ2v) is 4.27. The summed E-state index contributed by atoms with van der Waals surface area (Å²) < 4.78 is 0. The Morgan fingerprint density at radius 3 is 2.36 bits per heavy atom. The monoisotopic (exact) mass is 192 g/mol. The van der Waals surface area contributed by atoms with Gasteiger partial charge in [0, 0.05) is 0 Å². The molecule has 0 aliphatic carbocycles. The molecular formula is C12H20N2. The minimum atomic E-state index is 0.464. The zero-order valence-electron chi connectivity index (χ0n) is 9.83. The Balaban J connectivity index is 3.08. The number of hydrogen-bond acceptors (Lipinski definition) is 2. The SMILES string of the molecule is CCC(C)c1cc(C(C)C)nnc1C. The summed E-state index contributed by atoms with van der Waals surface area (Å²) in [7, 11) is 0. The highest BCUT2D eigenvalue weighted by Crippen LogP contribution is 2.23. The Labute approximate surface area is 86.8 Å². The van der Waals surface area contributed by atoms with Gasteiger partial charge in [0.1, 0.15) is 0 Å². The molecule has 78 valence electrons. The van der Waals surface area contributed by atoms with Gasteiger partial charge in [0.05, 0.1) is 11.4 Å². The van der Waals surface area contributed by atoms with Crippen molar-refractivity contribution < 1.29 is 0 Å². The van der Waals surface area contributed by atoms with E-state index in [9.17, 15) is 0 Å². The Morgan fingerprint density at radius 2 is 1.86 bits per heavy atom. The molecule has 1 atom stereocenters. The van der Waals surface area contributed by atoms with Crippen LogP contribution >= 0.6 is 0 Å². The Hall–Kier alpha value is -0.920. The van der Waals surface area contributed by atoms with Gasteiger partial charge in [0.2, 0.25) is 0 Å². The lowest BCUT2D eigenvalue weighted by atomic mass is 9.96. The van der Waals surface area contributed by atoms with Crippen LogP contribution in [0.15, 0.2) is 6.07 Å². The number of nitrogens with zero attached hydrogens (tertiary/aromatic N) is 2. The largest absolute Gasteiger partial charge is 0.155 e. The number of hydrogen-bond donors (Lipinski definition) is 0. The van der Waals surface area contributed by atoms with Gasteiger partial charge < -0.3 is 0 Å².